The molecule has 0 radical (unpaired) electrons. The second-order valence-electron chi connectivity index (χ2n) is 3.63. The standard InChI is InChI=1S/C11H11N3O3/c15-9-6-8(11(17)12-9)13-14-10(16)7-4-2-1-3-5-7/h1-5,8,13H,6H2,(H,14,16)(H,12,15,17)/t8-/m1/s1. The summed E-state index contributed by atoms with van der Waals surface area (Å²) in [6, 6.07) is 7.87. The summed E-state index contributed by atoms with van der Waals surface area (Å²) in [4.78, 5) is 33.7. The van der Waals surface area contributed by atoms with Gasteiger partial charge in [-0.1, -0.05) is 18.2 Å². The van der Waals surface area contributed by atoms with Crippen LogP contribution in [0, 0.1) is 0 Å². The monoisotopic (exact) mass is 233 g/mol. The van der Waals surface area contributed by atoms with Gasteiger partial charge in [0, 0.05) is 5.56 Å². The molecule has 1 aliphatic heterocycles. The minimum Gasteiger partial charge on any atom is -0.295 e. The molecule has 0 aliphatic carbocycles. The number of carbonyl (C=O) groups excluding carboxylic acids is 3. The molecule has 0 aromatic heterocycles. The maximum atomic E-state index is 11.6. The predicted octanol–water partition coefficient (Wildman–Crippen LogP) is -0.664. The Hall–Kier alpha value is -2.21. The summed E-state index contributed by atoms with van der Waals surface area (Å²) >= 11 is 0. The fraction of sp³-hybridized carbons (Fsp3) is 0.182. The number of hydrogen-bond donors (Lipinski definition) is 3. The number of hydrazine groups is 1. The molecule has 1 atom stereocenters. The number of imide groups is 1. The number of hydrogen-bond acceptors (Lipinski definition) is 4. The molecule has 1 heterocycles. The van der Waals surface area contributed by atoms with E-state index >= 15 is 0 Å². The minimum absolute atomic E-state index is 0.0356. The molecule has 1 saturated heterocycles. The topological polar surface area (TPSA) is 87.3 Å². The van der Waals surface area contributed by atoms with Crippen molar-refractivity contribution in [2.45, 2.75) is 12.5 Å². The lowest BCUT2D eigenvalue weighted by molar-refractivity contribution is -0.125. The van der Waals surface area contributed by atoms with E-state index in [2.05, 4.69) is 16.2 Å². The first-order chi connectivity index (χ1) is 8.16. The molecule has 6 nitrogen and oxygen atoms in total. The average Bonchev–Trinajstić information content (AvgIpc) is 2.66. The van der Waals surface area contributed by atoms with Crippen LogP contribution in [0.3, 0.4) is 0 Å². The summed E-state index contributed by atoms with van der Waals surface area (Å²) in [7, 11) is 0. The van der Waals surface area contributed by atoms with E-state index in [1.54, 1.807) is 30.3 Å². The molecule has 0 unspecified atom stereocenters. The Morgan fingerprint density at radius 3 is 2.53 bits per heavy atom. The Labute approximate surface area is 97.4 Å². The minimum atomic E-state index is -0.699. The highest BCUT2D eigenvalue weighted by Crippen LogP contribution is 2.01. The lowest BCUT2D eigenvalue weighted by Crippen LogP contribution is -2.47. The van der Waals surface area contributed by atoms with Gasteiger partial charge < -0.3 is 0 Å². The molecule has 6 heteroatoms. The highest BCUT2D eigenvalue weighted by molar-refractivity contribution is 6.05. The van der Waals surface area contributed by atoms with Crippen LogP contribution in [-0.4, -0.2) is 23.8 Å². The molecule has 17 heavy (non-hydrogen) atoms. The van der Waals surface area contributed by atoms with Gasteiger partial charge in [0.25, 0.3) is 5.91 Å². The van der Waals surface area contributed by atoms with Crippen molar-refractivity contribution >= 4 is 17.7 Å². The SMILES string of the molecule is O=C1C[C@@H](NNC(=O)c2ccccc2)C(=O)N1. The Bertz CT molecular complexity index is 458. The molecule has 88 valence electrons. The molecule has 1 aromatic rings. The third kappa shape index (κ3) is 2.67. The second-order valence-corrected chi connectivity index (χ2v) is 3.63. The van der Waals surface area contributed by atoms with E-state index in [-0.39, 0.29) is 18.2 Å². The van der Waals surface area contributed by atoms with Crippen molar-refractivity contribution in [1.82, 2.24) is 16.2 Å². The van der Waals surface area contributed by atoms with Gasteiger partial charge in [0.05, 0.1) is 6.42 Å². The number of carbonyl (C=O) groups is 3. The van der Waals surface area contributed by atoms with Crippen LogP contribution in [0.15, 0.2) is 30.3 Å². The maximum absolute atomic E-state index is 11.6. The third-order valence-corrected chi connectivity index (χ3v) is 2.36. The molecular formula is C11H11N3O3. The first-order valence-electron chi connectivity index (χ1n) is 5.11. The Morgan fingerprint density at radius 1 is 1.24 bits per heavy atom. The van der Waals surface area contributed by atoms with Crippen molar-refractivity contribution in [3.63, 3.8) is 0 Å². The van der Waals surface area contributed by atoms with E-state index in [0.29, 0.717) is 5.56 Å². The molecule has 0 saturated carbocycles. The third-order valence-electron chi connectivity index (χ3n) is 2.36. The number of nitrogens with one attached hydrogen (secondary N) is 3. The summed E-state index contributed by atoms with van der Waals surface area (Å²) < 4.78 is 0. The van der Waals surface area contributed by atoms with Gasteiger partial charge in [0.2, 0.25) is 11.8 Å². The van der Waals surface area contributed by atoms with Crippen molar-refractivity contribution in [3.05, 3.63) is 35.9 Å². The van der Waals surface area contributed by atoms with E-state index in [4.69, 9.17) is 0 Å². The largest absolute Gasteiger partial charge is 0.295 e. The predicted molar refractivity (Wildman–Crippen MR) is 58.6 cm³/mol. The molecule has 2 rings (SSSR count). The van der Waals surface area contributed by atoms with Crippen molar-refractivity contribution < 1.29 is 14.4 Å². The Kier molecular flexibility index (Phi) is 3.15. The molecule has 3 amide bonds. The maximum Gasteiger partial charge on any atom is 0.265 e. The van der Waals surface area contributed by atoms with Crippen LogP contribution in [0.1, 0.15) is 16.8 Å². The van der Waals surface area contributed by atoms with Crippen LogP contribution < -0.4 is 16.2 Å². The Balaban J connectivity index is 1.89. The second kappa shape index (κ2) is 4.75. The van der Waals surface area contributed by atoms with E-state index in [9.17, 15) is 14.4 Å². The van der Waals surface area contributed by atoms with Crippen molar-refractivity contribution in [2.75, 3.05) is 0 Å². The lowest BCUT2D eigenvalue weighted by atomic mass is 10.2. The van der Waals surface area contributed by atoms with E-state index in [0.717, 1.165) is 0 Å². The fourth-order valence-corrected chi connectivity index (χ4v) is 1.48. The van der Waals surface area contributed by atoms with Crippen LogP contribution >= 0.6 is 0 Å². The Morgan fingerprint density at radius 2 is 1.94 bits per heavy atom. The van der Waals surface area contributed by atoms with Crippen LogP contribution in [0.25, 0.3) is 0 Å². The van der Waals surface area contributed by atoms with E-state index in [1.165, 1.54) is 0 Å². The molecule has 1 fully saturated rings. The van der Waals surface area contributed by atoms with Crippen LogP contribution in [0.2, 0.25) is 0 Å². The molecule has 3 N–H and O–H groups in total. The van der Waals surface area contributed by atoms with E-state index < -0.39 is 11.9 Å². The zero-order valence-electron chi connectivity index (χ0n) is 8.90. The highest BCUT2D eigenvalue weighted by atomic mass is 16.2. The number of amides is 3. The fourth-order valence-electron chi connectivity index (χ4n) is 1.48. The van der Waals surface area contributed by atoms with Gasteiger partial charge in [0.1, 0.15) is 6.04 Å². The zero-order valence-corrected chi connectivity index (χ0v) is 8.90. The first-order valence-corrected chi connectivity index (χ1v) is 5.11. The summed E-state index contributed by atoms with van der Waals surface area (Å²) in [6.07, 6.45) is 0.0356. The quantitative estimate of drug-likeness (QED) is 0.477. The number of rotatable bonds is 3. The van der Waals surface area contributed by atoms with Crippen molar-refractivity contribution in [2.24, 2.45) is 0 Å². The van der Waals surface area contributed by atoms with Crippen LogP contribution in [0.5, 0.6) is 0 Å². The van der Waals surface area contributed by atoms with Gasteiger partial charge in [-0.3, -0.25) is 25.1 Å². The van der Waals surface area contributed by atoms with Gasteiger partial charge in [-0.2, -0.15) is 0 Å². The van der Waals surface area contributed by atoms with Crippen molar-refractivity contribution in [1.29, 1.82) is 0 Å². The summed E-state index contributed by atoms with van der Waals surface area (Å²) in [5.41, 5.74) is 5.39. The number of benzene rings is 1. The molecule has 0 spiro atoms. The van der Waals surface area contributed by atoms with Crippen LogP contribution in [-0.2, 0) is 9.59 Å². The van der Waals surface area contributed by atoms with Gasteiger partial charge >= 0.3 is 0 Å². The van der Waals surface area contributed by atoms with E-state index in [1.807, 2.05) is 0 Å². The zero-order chi connectivity index (χ0) is 12.3. The molecular weight excluding hydrogens is 222 g/mol. The summed E-state index contributed by atoms with van der Waals surface area (Å²) in [5.74, 6) is -1.12. The van der Waals surface area contributed by atoms with Gasteiger partial charge in [0.15, 0.2) is 0 Å². The average molecular weight is 233 g/mol. The van der Waals surface area contributed by atoms with Gasteiger partial charge in [-0.05, 0) is 12.1 Å². The molecule has 1 aromatic carbocycles. The first kappa shape index (κ1) is 11.3. The lowest BCUT2D eigenvalue weighted by Gasteiger charge is -2.10. The smallest absolute Gasteiger partial charge is 0.265 e. The summed E-state index contributed by atoms with van der Waals surface area (Å²) in [5, 5.41) is 2.14. The molecule has 0 bridgehead atoms. The van der Waals surface area contributed by atoms with Gasteiger partial charge in [-0.25, -0.2) is 5.43 Å². The summed E-state index contributed by atoms with van der Waals surface area (Å²) in [6.45, 7) is 0. The highest BCUT2D eigenvalue weighted by Gasteiger charge is 2.30. The van der Waals surface area contributed by atoms with Crippen LogP contribution in [0.4, 0.5) is 0 Å². The molecule has 1 aliphatic rings. The normalized spacial score (nSPS) is 18.9. The van der Waals surface area contributed by atoms with Gasteiger partial charge in [-0.15, -0.1) is 0 Å². The van der Waals surface area contributed by atoms with Crippen molar-refractivity contribution in [3.8, 4) is 0 Å².